The van der Waals surface area contributed by atoms with Crippen LogP contribution in [-0.2, 0) is 9.84 Å². The molecule has 1 rings (SSSR count). The summed E-state index contributed by atoms with van der Waals surface area (Å²) in [7, 11) is -2.97. The molecule has 0 spiro atoms. The molecule has 0 aliphatic carbocycles. The van der Waals surface area contributed by atoms with Gasteiger partial charge in [0.25, 0.3) is 0 Å². The fraction of sp³-hybridized carbons (Fsp3) is 0.417. The lowest BCUT2D eigenvalue weighted by molar-refractivity contribution is 0.317. The molecular formula is C12H14ClNO3S. The zero-order chi connectivity index (χ0) is 13.6. The van der Waals surface area contributed by atoms with Gasteiger partial charge in [-0.05, 0) is 18.6 Å². The van der Waals surface area contributed by atoms with E-state index in [0.29, 0.717) is 22.8 Å². The summed E-state index contributed by atoms with van der Waals surface area (Å²) in [6, 6.07) is 6.71. The SMILES string of the molecule is CCS(=O)(=O)CCCOc1cc(Cl)ccc1C#N. The Morgan fingerprint density at radius 3 is 2.78 bits per heavy atom. The minimum atomic E-state index is -2.97. The predicted octanol–water partition coefficient (Wildman–Crippen LogP) is 2.42. The number of nitrogens with zero attached hydrogens (tertiary/aromatic N) is 1. The van der Waals surface area contributed by atoms with E-state index in [0.717, 1.165) is 0 Å². The highest BCUT2D eigenvalue weighted by Crippen LogP contribution is 2.22. The first-order valence-corrected chi connectivity index (χ1v) is 7.71. The van der Waals surface area contributed by atoms with Crippen molar-refractivity contribution < 1.29 is 13.2 Å². The average Bonchev–Trinajstić information content (AvgIpc) is 2.35. The molecule has 0 radical (unpaired) electrons. The number of sulfone groups is 1. The molecule has 0 aliphatic rings. The topological polar surface area (TPSA) is 67.2 Å². The van der Waals surface area contributed by atoms with Gasteiger partial charge in [-0.1, -0.05) is 18.5 Å². The lowest BCUT2D eigenvalue weighted by Gasteiger charge is -2.08. The minimum absolute atomic E-state index is 0.0892. The van der Waals surface area contributed by atoms with Crippen LogP contribution in [0.4, 0.5) is 0 Å². The second-order valence-corrected chi connectivity index (χ2v) is 6.60. The quantitative estimate of drug-likeness (QED) is 0.754. The van der Waals surface area contributed by atoms with Gasteiger partial charge >= 0.3 is 0 Å². The maximum absolute atomic E-state index is 11.3. The zero-order valence-electron chi connectivity index (χ0n) is 10.0. The number of nitriles is 1. The second-order valence-electron chi connectivity index (χ2n) is 3.69. The fourth-order valence-electron chi connectivity index (χ4n) is 1.31. The lowest BCUT2D eigenvalue weighted by Crippen LogP contribution is -2.12. The molecule has 0 saturated carbocycles. The van der Waals surface area contributed by atoms with E-state index >= 15 is 0 Å². The third-order valence-corrected chi connectivity index (χ3v) is 4.39. The van der Waals surface area contributed by atoms with Crippen LogP contribution in [-0.4, -0.2) is 26.5 Å². The Morgan fingerprint density at radius 1 is 1.44 bits per heavy atom. The van der Waals surface area contributed by atoms with Crippen molar-refractivity contribution in [2.45, 2.75) is 13.3 Å². The number of ether oxygens (including phenoxy) is 1. The summed E-state index contributed by atoms with van der Waals surface area (Å²) in [6.07, 6.45) is 0.396. The third kappa shape index (κ3) is 4.55. The number of rotatable bonds is 6. The molecule has 0 atom stereocenters. The molecule has 0 N–H and O–H groups in total. The summed E-state index contributed by atoms with van der Waals surface area (Å²) in [5.74, 6) is 0.610. The zero-order valence-corrected chi connectivity index (χ0v) is 11.6. The van der Waals surface area contributed by atoms with Gasteiger partial charge in [-0.2, -0.15) is 5.26 Å². The first kappa shape index (κ1) is 14.8. The lowest BCUT2D eigenvalue weighted by atomic mass is 10.2. The number of hydrogen-bond acceptors (Lipinski definition) is 4. The van der Waals surface area contributed by atoms with Crippen molar-refractivity contribution in [1.29, 1.82) is 5.26 Å². The Hall–Kier alpha value is -1.25. The van der Waals surface area contributed by atoms with Crippen LogP contribution in [0.25, 0.3) is 0 Å². The average molecular weight is 288 g/mol. The molecule has 6 heteroatoms. The fourth-order valence-corrected chi connectivity index (χ4v) is 2.32. The summed E-state index contributed by atoms with van der Waals surface area (Å²) in [6.45, 7) is 1.86. The van der Waals surface area contributed by atoms with Crippen LogP contribution in [0.1, 0.15) is 18.9 Å². The van der Waals surface area contributed by atoms with Crippen molar-refractivity contribution >= 4 is 21.4 Å². The largest absolute Gasteiger partial charge is 0.492 e. The molecule has 1 aromatic rings. The maximum Gasteiger partial charge on any atom is 0.150 e. The van der Waals surface area contributed by atoms with Gasteiger partial charge in [0, 0.05) is 16.8 Å². The van der Waals surface area contributed by atoms with Gasteiger partial charge in [0.15, 0.2) is 0 Å². The van der Waals surface area contributed by atoms with Crippen molar-refractivity contribution in [2.24, 2.45) is 0 Å². The molecular weight excluding hydrogens is 274 g/mol. The first-order valence-electron chi connectivity index (χ1n) is 5.51. The molecule has 0 aliphatic heterocycles. The van der Waals surface area contributed by atoms with Crippen molar-refractivity contribution in [3.8, 4) is 11.8 Å². The highest BCUT2D eigenvalue weighted by atomic mass is 35.5. The smallest absolute Gasteiger partial charge is 0.150 e. The Labute approximate surface area is 112 Å². The summed E-state index contributed by atoms with van der Waals surface area (Å²) in [4.78, 5) is 0. The Morgan fingerprint density at radius 2 is 2.17 bits per heavy atom. The maximum atomic E-state index is 11.3. The van der Waals surface area contributed by atoms with Crippen molar-refractivity contribution in [3.63, 3.8) is 0 Å². The van der Waals surface area contributed by atoms with Crippen LogP contribution in [0, 0.1) is 11.3 Å². The highest BCUT2D eigenvalue weighted by molar-refractivity contribution is 7.91. The van der Waals surface area contributed by atoms with E-state index in [2.05, 4.69) is 0 Å². The van der Waals surface area contributed by atoms with Crippen LogP contribution in [0.5, 0.6) is 5.75 Å². The molecule has 4 nitrogen and oxygen atoms in total. The molecule has 0 fully saturated rings. The van der Waals surface area contributed by atoms with E-state index in [1.54, 1.807) is 25.1 Å². The van der Waals surface area contributed by atoms with E-state index in [9.17, 15) is 8.42 Å². The van der Waals surface area contributed by atoms with Gasteiger partial charge in [-0.15, -0.1) is 0 Å². The summed E-state index contributed by atoms with van der Waals surface area (Å²) >= 11 is 5.80. The molecule has 0 bridgehead atoms. The van der Waals surface area contributed by atoms with Gasteiger partial charge in [0.2, 0.25) is 0 Å². The Balaban J connectivity index is 2.55. The Bertz CT molecular complexity index is 549. The van der Waals surface area contributed by atoms with Crippen LogP contribution < -0.4 is 4.74 Å². The van der Waals surface area contributed by atoms with Crippen LogP contribution >= 0.6 is 11.6 Å². The molecule has 0 amide bonds. The second kappa shape index (κ2) is 6.62. The number of benzene rings is 1. The molecule has 18 heavy (non-hydrogen) atoms. The van der Waals surface area contributed by atoms with Crippen molar-refractivity contribution in [3.05, 3.63) is 28.8 Å². The van der Waals surface area contributed by atoms with E-state index < -0.39 is 9.84 Å². The number of hydrogen-bond donors (Lipinski definition) is 0. The standard InChI is InChI=1S/C12H14ClNO3S/c1-2-18(15,16)7-3-6-17-12-8-11(13)5-4-10(12)9-14/h4-5,8H,2-3,6-7H2,1H3. The van der Waals surface area contributed by atoms with E-state index in [1.165, 1.54) is 0 Å². The summed E-state index contributed by atoms with van der Waals surface area (Å²) in [5.41, 5.74) is 0.387. The molecule has 0 aromatic heterocycles. The monoisotopic (exact) mass is 287 g/mol. The Kier molecular flexibility index (Phi) is 5.45. The third-order valence-electron chi connectivity index (χ3n) is 2.36. The van der Waals surface area contributed by atoms with Crippen LogP contribution in [0.2, 0.25) is 5.02 Å². The van der Waals surface area contributed by atoms with E-state index in [-0.39, 0.29) is 18.1 Å². The normalized spacial score (nSPS) is 10.9. The van der Waals surface area contributed by atoms with Gasteiger partial charge < -0.3 is 4.74 Å². The predicted molar refractivity (Wildman–Crippen MR) is 70.6 cm³/mol. The van der Waals surface area contributed by atoms with Gasteiger partial charge in [-0.25, -0.2) is 8.42 Å². The molecule has 0 heterocycles. The van der Waals surface area contributed by atoms with E-state index in [4.69, 9.17) is 21.6 Å². The van der Waals surface area contributed by atoms with Crippen molar-refractivity contribution in [2.75, 3.05) is 18.1 Å². The van der Waals surface area contributed by atoms with Crippen LogP contribution in [0.3, 0.4) is 0 Å². The minimum Gasteiger partial charge on any atom is -0.492 e. The highest BCUT2D eigenvalue weighted by Gasteiger charge is 2.08. The van der Waals surface area contributed by atoms with Crippen molar-refractivity contribution in [1.82, 2.24) is 0 Å². The van der Waals surface area contributed by atoms with Gasteiger partial charge in [0.1, 0.15) is 21.7 Å². The molecule has 1 aromatic carbocycles. The number of halogens is 1. The first-order chi connectivity index (χ1) is 8.48. The van der Waals surface area contributed by atoms with E-state index in [1.807, 2.05) is 6.07 Å². The molecule has 0 unspecified atom stereocenters. The van der Waals surface area contributed by atoms with Crippen LogP contribution in [0.15, 0.2) is 18.2 Å². The molecule has 0 saturated heterocycles. The molecule has 98 valence electrons. The van der Waals surface area contributed by atoms with Gasteiger partial charge in [0.05, 0.1) is 17.9 Å². The van der Waals surface area contributed by atoms with Gasteiger partial charge in [-0.3, -0.25) is 0 Å². The summed E-state index contributed by atoms with van der Waals surface area (Å²) < 4.78 is 27.9. The summed E-state index contributed by atoms with van der Waals surface area (Å²) in [5, 5.41) is 9.34.